The fourth-order valence-electron chi connectivity index (χ4n) is 3.69. The summed E-state index contributed by atoms with van der Waals surface area (Å²) in [6.45, 7) is 8.85. The van der Waals surface area contributed by atoms with Crippen LogP contribution in [0.1, 0.15) is 36.5 Å². The number of aromatic nitrogens is 1. The van der Waals surface area contributed by atoms with Crippen molar-refractivity contribution < 1.29 is 4.79 Å². The first-order chi connectivity index (χ1) is 12.0. The monoisotopic (exact) mass is 336 g/mol. The van der Waals surface area contributed by atoms with Crippen molar-refractivity contribution in [2.75, 3.05) is 31.1 Å². The Balaban J connectivity index is 2.11. The molecule has 2 aromatic rings. The van der Waals surface area contributed by atoms with Crippen LogP contribution in [0.3, 0.4) is 0 Å². The summed E-state index contributed by atoms with van der Waals surface area (Å²) in [4.78, 5) is 21.1. The molecule has 0 spiro atoms. The maximum Gasteiger partial charge on any atom is 0.242 e. The number of benzene rings is 1. The summed E-state index contributed by atoms with van der Waals surface area (Å²) in [7, 11) is 0. The lowest BCUT2D eigenvalue weighted by Gasteiger charge is -2.25. The van der Waals surface area contributed by atoms with Crippen molar-refractivity contribution in [2.45, 2.75) is 33.6 Å². The third-order valence-electron chi connectivity index (χ3n) is 4.74. The first kappa shape index (κ1) is 17.2. The van der Waals surface area contributed by atoms with Crippen LogP contribution in [0, 0.1) is 25.2 Å². The molecule has 1 aliphatic heterocycles. The second-order valence-electron chi connectivity index (χ2n) is 6.77. The Bertz CT molecular complexity index is 853. The molecule has 1 fully saturated rings. The quantitative estimate of drug-likeness (QED) is 0.864. The summed E-state index contributed by atoms with van der Waals surface area (Å²) in [5, 5.41) is 10.6. The molecule has 0 radical (unpaired) electrons. The molecule has 5 nitrogen and oxygen atoms in total. The van der Waals surface area contributed by atoms with Gasteiger partial charge in [-0.3, -0.25) is 9.78 Å². The highest BCUT2D eigenvalue weighted by molar-refractivity contribution is 5.98. The number of aryl methyl sites for hydroxylation is 2. The number of carbonyl (C=O) groups is 1. The smallest absolute Gasteiger partial charge is 0.242 e. The summed E-state index contributed by atoms with van der Waals surface area (Å²) < 4.78 is 0. The van der Waals surface area contributed by atoms with E-state index < -0.39 is 0 Å². The van der Waals surface area contributed by atoms with Crippen LogP contribution in [-0.2, 0) is 4.79 Å². The second-order valence-corrected chi connectivity index (χ2v) is 6.77. The van der Waals surface area contributed by atoms with Gasteiger partial charge < -0.3 is 9.80 Å². The fourth-order valence-corrected chi connectivity index (χ4v) is 3.69. The van der Waals surface area contributed by atoms with Gasteiger partial charge in [-0.1, -0.05) is 18.6 Å². The molecular formula is C20H24N4O. The van der Waals surface area contributed by atoms with Gasteiger partial charge in [0.05, 0.1) is 23.3 Å². The Morgan fingerprint density at radius 2 is 2.08 bits per heavy atom. The number of amides is 1. The van der Waals surface area contributed by atoms with Crippen molar-refractivity contribution in [2.24, 2.45) is 0 Å². The molecule has 3 rings (SSSR count). The van der Waals surface area contributed by atoms with E-state index in [4.69, 9.17) is 0 Å². The van der Waals surface area contributed by atoms with Gasteiger partial charge in [-0.25, -0.2) is 0 Å². The highest BCUT2D eigenvalue weighted by atomic mass is 16.2. The minimum absolute atomic E-state index is 0.137. The Morgan fingerprint density at radius 1 is 1.28 bits per heavy atom. The van der Waals surface area contributed by atoms with Crippen molar-refractivity contribution in [3.63, 3.8) is 0 Å². The number of fused-ring (bicyclic) bond motifs is 1. The topological polar surface area (TPSA) is 60.2 Å². The molecule has 1 aromatic heterocycles. The summed E-state index contributed by atoms with van der Waals surface area (Å²) >= 11 is 0. The van der Waals surface area contributed by atoms with Gasteiger partial charge in [0.2, 0.25) is 5.91 Å². The normalized spacial score (nSPS) is 15.4. The van der Waals surface area contributed by atoms with E-state index in [-0.39, 0.29) is 5.91 Å². The van der Waals surface area contributed by atoms with Crippen LogP contribution in [0.15, 0.2) is 18.3 Å². The predicted molar refractivity (Wildman–Crippen MR) is 99.6 cm³/mol. The van der Waals surface area contributed by atoms with Crippen LogP contribution in [0.5, 0.6) is 0 Å². The molecule has 0 saturated carbocycles. The molecule has 0 atom stereocenters. The van der Waals surface area contributed by atoms with Crippen LogP contribution in [-0.4, -0.2) is 42.0 Å². The Labute approximate surface area is 148 Å². The summed E-state index contributed by atoms with van der Waals surface area (Å²) in [6.07, 6.45) is 3.51. The first-order valence-electron chi connectivity index (χ1n) is 8.88. The van der Waals surface area contributed by atoms with Gasteiger partial charge in [0, 0.05) is 31.2 Å². The number of carbonyl (C=O) groups excluding carboxylic acids is 1. The molecule has 1 saturated heterocycles. The molecule has 1 aromatic carbocycles. The zero-order chi connectivity index (χ0) is 18.0. The van der Waals surface area contributed by atoms with Gasteiger partial charge in [0.25, 0.3) is 0 Å². The zero-order valence-electron chi connectivity index (χ0n) is 15.2. The van der Waals surface area contributed by atoms with Gasteiger partial charge in [-0.2, -0.15) is 5.26 Å². The number of hydrogen-bond donors (Lipinski definition) is 0. The highest BCUT2D eigenvalue weighted by Gasteiger charge is 2.25. The van der Waals surface area contributed by atoms with Crippen LogP contribution < -0.4 is 4.90 Å². The van der Waals surface area contributed by atoms with Gasteiger partial charge in [-0.05, 0) is 38.3 Å². The van der Waals surface area contributed by atoms with Gasteiger partial charge in [0.1, 0.15) is 6.07 Å². The molecule has 1 amide bonds. The molecule has 130 valence electrons. The van der Waals surface area contributed by atoms with Crippen LogP contribution in [0.25, 0.3) is 10.9 Å². The fraction of sp³-hybridized carbons (Fsp3) is 0.450. The van der Waals surface area contributed by atoms with E-state index in [1.807, 2.05) is 18.7 Å². The van der Waals surface area contributed by atoms with E-state index in [1.54, 1.807) is 6.20 Å². The molecule has 25 heavy (non-hydrogen) atoms. The van der Waals surface area contributed by atoms with E-state index in [2.05, 4.69) is 35.0 Å². The number of rotatable bonds is 3. The van der Waals surface area contributed by atoms with E-state index in [0.29, 0.717) is 12.1 Å². The lowest BCUT2D eigenvalue weighted by molar-refractivity contribution is -0.129. The number of nitrogens with zero attached hydrogens (tertiary/aromatic N) is 4. The molecule has 0 N–H and O–H groups in total. The summed E-state index contributed by atoms with van der Waals surface area (Å²) in [5.41, 5.74) is 4.52. The molecule has 5 heteroatoms. The maximum absolute atomic E-state index is 12.6. The van der Waals surface area contributed by atoms with Crippen molar-refractivity contribution in [1.82, 2.24) is 9.88 Å². The average molecular weight is 336 g/mol. The molecule has 0 bridgehead atoms. The summed E-state index contributed by atoms with van der Waals surface area (Å²) in [5.74, 6) is 0.137. The number of pyridine rings is 1. The largest absolute Gasteiger partial charge is 0.360 e. The van der Waals surface area contributed by atoms with Crippen LogP contribution in [0.2, 0.25) is 0 Å². The van der Waals surface area contributed by atoms with Crippen molar-refractivity contribution in [3.8, 4) is 6.07 Å². The van der Waals surface area contributed by atoms with Gasteiger partial charge in [0.15, 0.2) is 0 Å². The Kier molecular flexibility index (Phi) is 4.89. The zero-order valence-corrected chi connectivity index (χ0v) is 15.2. The number of nitriles is 1. The second kappa shape index (κ2) is 7.10. The van der Waals surface area contributed by atoms with Gasteiger partial charge >= 0.3 is 0 Å². The lowest BCUT2D eigenvalue weighted by Crippen LogP contribution is -2.37. The molecule has 0 aliphatic carbocycles. The van der Waals surface area contributed by atoms with E-state index in [1.165, 1.54) is 0 Å². The van der Waals surface area contributed by atoms with Crippen LogP contribution >= 0.6 is 0 Å². The Hall–Kier alpha value is -2.61. The molecule has 2 heterocycles. The highest BCUT2D eigenvalue weighted by Crippen LogP contribution is 2.32. The van der Waals surface area contributed by atoms with Crippen LogP contribution in [0.4, 0.5) is 5.69 Å². The molecule has 0 unspecified atom stereocenters. The van der Waals surface area contributed by atoms with Crippen molar-refractivity contribution in [3.05, 3.63) is 35.0 Å². The summed E-state index contributed by atoms with van der Waals surface area (Å²) in [6, 6.07) is 6.44. The predicted octanol–water partition coefficient (Wildman–Crippen LogP) is 3.17. The van der Waals surface area contributed by atoms with E-state index >= 15 is 0 Å². The Morgan fingerprint density at radius 3 is 2.80 bits per heavy atom. The van der Waals surface area contributed by atoms with Crippen molar-refractivity contribution >= 4 is 22.5 Å². The first-order valence-corrected chi connectivity index (χ1v) is 8.88. The number of hydrogen-bond acceptors (Lipinski definition) is 4. The third kappa shape index (κ3) is 3.30. The van der Waals surface area contributed by atoms with Gasteiger partial charge in [-0.15, -0.1) is 0 Å². The maximum atomic E-state index is 12.6. The van der Waals surface area contributed by atoms with Crippen molar-refractivity contribution in [1.29, 1.82) is 5.26 Å². The molecular weight excluding hydrogens is 312 g/mol. The van der Waals surface area contributed by atoms with E-state index in [9.17, 15) is 10.1 Å². The SMILES string of the molecule is CCCN1CCCN(c2c(C#N)cnc3c(C)cc(C)cc23)CC1=O. The minimum atomic E-state index is 0.137. The molecule has 1 aliphatic rings. The standard InChI is InChI=1S/C20H24N4O/c1-4-6-23-7-5-8-24(13-18(23)25)20-16(11-21)12-22-19-15(3)9-14(2)10-17(19)20/h9-10,12H,4-8,13H2,1-3H3. The minimum Gasteiger partial charge on any atom is -0.360 e. The third-order valence-corrected chi connectivity index (χ3v) is 4.74. The number of anilines is 1. The van der Waals surface area contributed by atoms with E-state index in [0.717, 1.165) is 60.2 Å². The average Bonchev–Trinajstić information content (AvgIpc) is 2.76. The lowest BCUT2D eigenvalue weighted by atomic mass is 10.0.